The van der Waals surface area contributed by atoms with E-state index in [1.165, 1.54) is 0 Å². The van der Waals surface area contributed by atoms with E-state index in [1.807, 2.05) is 0 Å². The summed E-state index contributed by atoms with van der Waals surface area (Å²) < 4.78 is 0. The Kier molecular flexibility index (Phi) is 4.15. The summed E-state index contributed by atoms with van der Waals surface area (Å²) in [6.07, 6.45) is 0.816. The predicted octanol–water partition coefficient (Wildman–Crippen LogP) is -0.702. The first-order valence-corrected chi connectivity index (χ1v) is 6.14. The Labute approximate surface area is 96.4 Å². The molecular formula is C11H21N3O2. The highest BCUT2D eigenvalue weighted by atomic mass is 16.4. The summed E-state index contributed by atoms with van der Waals surface area (Å²) in [6.45, 7) is 8.18. The molecule has 2 fully saturated rings. The van der Waals surface area contributed by atoms with E-state index >= 15 is 0 Å². The molecule has 0 aliphatic carbocycles. The van der Waals surface area contributed by atoms with Gasteiger partial charge in [-0.3, -0.25) is 9.69 Å². The van der Waals surface area contributed by atoms with Crippen molar-refractivity contribution >= 4 is 5.97 Å². The highest BCUT2D eigenvalue weighted by Gasteiger charge is 2.27. The van der Waals surface area contributed by atoms with Crippen LogP contribution in [0.5, 0.6) is 0 Å². The Morgan fingerprint density at radius 2 is 1.88 bits per heavy atom. The highest BCUT2D eigenvalue weighted by Crippen LogP contribution is 2.15. The zero-order valence-electron chi connectivity index (χ0n) is 9.69. The van der Waals surface area contributed by atoms with Crippen LogP contribution in [0.2, 0.25) is 0 Å². The smallest absolute Gasteiger partial charge is 0.307 e. The minimum atomic E-state index is -0.635. The van der Waals surface area contributed by atoms with Crippen molar-refractivity contribution in [2.24, 2.45) is 5.92 Å². The van der Waals surface area contributed by atoms with E-state index in [0.717, 1.165) is 58.8 Å². The van der Waals surface area contributed by atoms with Gasteiger partial charge in [0.05, 0.1) is 5.92 Å². The number of hydrogen-bond acceptors (Lipinski definition) is 4. The first-order chi connectivity index (χ1) is 7.75. The molecule has 5 heteroatoms. The van der Waals surface area contributed by atoms with Gasteiger partial charge in [0.1, 0.15) is 0 Å². The second-order valence-electron chi connectivity index (χ2n) is 4.72. The second-order valence-corrected chi connectivity index (χ2v) is 4.72. The number of piperazine rings is 1. The maximum atomic E-state index is 10.8. The molecule has 2 aliphatic rings. The van der Waals surface area contributed by atoms with Crippen LogP contribution < -0.4 is 5.32 Å². The van der Waals surface area contributed by atoms with Gasteiger partial charge in [-0.1, -0.05) is 0 Å². The molecule has 1 unspecified atom stereocenters. The molecule has 2 rings (SSSR count). The van der Waals surface area contributed by atoms with Crippen molar-refractivity contribution in [1.82, 2.24) is 15.1 Å². The summed E-state index contributed by atoms with van der Waals surface area (Å²) in [7, 11) is 0. The van der Waals surface area contributed by atoms with E-state index in [9.17, 15) is 4.79 Å². The van der Waals surface area contributed by atoms with Crippen LogP contribution in [-0.2, 0) is 4.79 Å². The molecule has 0 saturated carbocycles. The number of aliphatic carboxylic acids is 1. The minimum absolute atomic E-state index is 0.136. The van der Waals surface area contributed by atoms with Gasteiger partial charge in [0.2, 0.25) is 0 Å². The third-order valence-electron chi connectivity index (χ3n) is 3.56. The molecule has 5 nitrogen and oxygen atoms in total. The minimum Gasteiger partial charge on any atom is -0.481 e. The van der Waals surface area contributed by atoms with Gasteiger partial charge < -0.3 is 15.3 Å². The Morgan fingerprint density at radius 3 is 2.50 bits per heavy atom. The van der Waals surface area contributed by atoms with Crippen LogP contribution in [0.15, 0.2) is 0 Å². The van der Waals surface area contributed by atoms with Crippen molar-refractivity contribution in [3.63, 3.8) is 0 Å². The second kappa shape index (κ2) is 5.61. The predicted molar refractivity (Wildman–Crippen MR) is 61.5 cm³/mol. The van der Waals surface area contributed by atoms with Gasteiger partial charge in [-0.05, 0) is 13.0 Å². The van der Waals surface area contributed by atoms with E-state index in [0.29, 0.717) is 0 Å². The zero-order valence-corrected chi connectivity index (χ0v) is 9.69. The Balaban J connectivity index is 1.65. The largest absolute Gasteiger partial charge is 0.481 e. The number of hydrogen-bond donors (Lipinski definition) is 2. The molecule has 0 radical (unpaired) electrons. The number of carboxylic acids is 1. The molecule has 0 aromatic heterocycles. The van der Waals surface area contributed by atoms with Crippen LogP contribution in [0.3, 0.4) is 0 Å². The molecule has 0 spiro atoms. The Bertz CT molecular complexity index is 241. The van der Waals surface area contributed by atoms with Gasteiger partial charge in [-0.25, -0.2) is 0 Å². The Morgan fingerprint density at radius 1 is 1.19 bits per heavy atom. The van der Waals surface area contributed by atoms with E-state index in [4.69, 9.17) is 5.11 Å². The first kappa shape index (κ1) is 11.8. The third-order valence-corrected chi connectivity index (χ3v) is 3.56. The molecule has 92 valence electrons. The summed E-state index contributed by atoms with van der Waals surface area (Å²) in [5, 5.41) is 12.2. The van der Waals surface area contributed by atoms with E-state index in [2.05, 4.69) is 15.1 Å². The number of likely N-dealkylation sites (tertiary alicyclic amines) is 1. The van der Waals surface area contributed by atoms with E-state index in [-0.39, 0.29) is 5.92 Å². The lowest BCUT2D eigenvalue weighted by Gasteiger charge is -2.28. The fraction of sp³-hybridized carbons (Fsp3) is 0.909. The molecule has 0 aromatic rings. The summed E-state index contributed by atoms with van der Waals surface area (Å²) in [6, 6.07) is 0. The topological polar surface area (TPSA) is 55.8 Å². The molecule has 1 atom stereocenters. The van der Waals surface area contributed by atoms with Crippen LogP contribution in [0, 0.1) is 5.92 Å². The quantitative estimate of drug-likeness (QED) is 0.665. The molecule has 2 N–H and O–H groups in total. The highest BCUT2D eigenvalue weighted by molar-refractivity contribution is 5.70. The fourth-order valence-corrected chi connectivity index (χ4v) is 2.45. The zero-order chi connectivity index (χ0) is 11.4. The maximum absolute atomic E-state index is 10.8. The van der Waals surface area contributed by atoms with Crippen molar-refractivity contribution in [3.8, 4) is 0 Å². The molecule has 0 aromatic carbocycles. The van der Waals surface area contributed by atoms with Crippen molar-refractivity contribution in [3.05, 3.63) is 0 Å². The van der Waals surface area contributed by atoms with Gasteiger partial charge in [0.15, 0.2) is 0 Å². The van der Waals surface area contributed by atoms with Gasteiger partial charge >= 0.3 is 5.97 Å². The standard InChI is InChI=1S/C11H21N3O2/c15-11(16)10-1-4-14(9-10)8-7-13-5-2-12-3-6-13/h10,12H,1-9H2,(H,15,16). The first-order valence-electron chi connectivity index (χ1n) is 6.14. The number of carboxylic acid groups (broad SMARTS) is 1. The van der Waals surface area contributed by atoms with Gasteiger partial charge in [-0.2, -0.15) is 0 Å². The van der Waals surface area contributed by atoms with Crippen LogP contribution in [0.4, 0.5) is 0 Å². The van der Waals surface area contributed by atoms with Crippen LogP contribution in [0.1, 0.15) is 6.42 Å². The molecule has 0 bridgehead atoms. The summed E-state index contributed by atoms with van der Waals surface area (Å²) in [5.41, 5.74) is 0. The normalized spacial score (nSPS) is 28.4. The molecule has 16 heavy (non-hydrogen) atoms. The number of rotatable bonds is 4. The van der Waals surface area contributed by atoms with Gasteiger partial charge in [-0.15, -0.1) is 0 Å². The summed E-state index contributed by atoms with van der Waals surface area (Å²) in [4.78, 5) is 15.5. The number of nitrogens with one attached hydrogen (secondary N) is 1. The number of carbonyl (C=O) groups is 1. The lowest BCUT2D eigenvalue weighted by Crippen LogP contribution is -2.46. The van der Waals surface area contributed by atoms with Crippen molar-refractivity contribution in [1.29, 1.82) is 0 Å². The summed E-state index contributed by atoms with van der Waals surface area (Å²) in [5.74, 6) is -0.771. The SMILES string of the molecule is O=C(O)C1CCN(CCN2CCNCC2)C1. The molecular weight excluding hydrogens is 206 g/mol. The average Bonchev–Trinajstić information content (AvgIpc) is 2.76. The third kappa shape index (κ3) is 3.17. The fourth-order valence-electron chi connectivity index (χ4n) is 2.45. The molecule has 0 amide bonds. The van der Waals surface area contributed by atoms with E-state index < -0.39 is 5.97 Å². The molecule has 2 heterocycles. The molecule has 2 saturated heterocycles. The van der Waals surface area contributed by atoms with Crippen LogP contribution in [-0.4, -0.2) is 73.2 Å². The van der Waals surface area contributed by atoms with Gasteiger partial charge in [0.25, 0.3) is 0 Å². The van der Waals surface area contributed by atoms with Gasteiger partial charge in [0, 0.05) is 45.8 Å². The van der Waals surface area contributed by atoms with Crippen molar-refractivity contribution < 1.29 is 9.90 Å². The van der Waals surface area contributed by atoms with Crippen LogP contribution in [0.25, 0.3) is 0 Å². The average molecular weight is 227 g/mol. The summed E-state index contributed by atoms with van der Waals surface area (Å²) >= 11 is 0. The Hall–Kier alpha value is -0.650. The molecule has 2 aliphatic heterocycles. The maximum Gasteiger partial charge on any atom is 0.307 e. The monoisotopic (exact) mass is 227 g/mol. The number of nitrogens with zero attached hydrogens (tertiary/aromatic N) is 2. The lowest BCUT2D eigenvalue weighted by atomic mass is 10.1. The lowest BCUT2D eigenvalue weighted by molar-refractivity contribution is -0.141. The van der Waals surface area contributed by atoms with Crippen LogP contribution >= 0.6 is 0 Å². The van der Waals surface area contributed by atoms with Crippen molar-refractivity contribution in [2.75, 3.05) is 52.4 Å². The van der Waals surface area contributed by atoms with Crippen molar-refractivity contribution in [2.45, 2.75) is 6.42 Å². The van der Waals surface area contributed by atoms with E-state index in [1.54, 1.807) is 0 Å².